The van der Waals surface area contributed by atoms with Gasteiger partial charge in [-0.3, -0.25) is 9.59 Å². The molecule has 1 N–H and O–H groups in total. The van der Waals surface area contributed by atoms with Crippen LogP contribution in [0.1, 0.15) is 30.8 Å². The lowest BCUT2D eigenvalue weighted by atomic mass is 10.1. The first kappa shape index (κ1) is 17.7. The van der Waals surface area contributed by atoms with Gasteiger partial charge in [-0.2, -0.15) is 0 Å². The van der Waals surface area contributed by atoms with Gasteiger partial charge < -0.3 is 14.5 Å². The summed E-state index contributed by atoms with van der Waals surface area (Å²) in [7, 11) is 1.60. The molecule has 0 unspecified atom stereocenters. The van der Waals surface area contributed by atoms with Crippen LogP contribution in [0.15, 0.2) is 53.3 Å². The number of nitrogens with one attached hydrogen (secondary N) is 1. The Bertz CT molecular complexity index is 981. The van der Waals surface area contributed by atoms with Gasteiger partial charge in [-0.1, -0.05) is 30.3 Å². The van der Waals surface area contributed by atoms with Crippen LogP contribution < -0.4 is 10.3 Å². The van der Waals surface area contributed by atoms with Crippen molar-refractivity contribution in [1.29, 1.82) is 0 Å². The number of fused-ring (bicyclic) bond motifs is 1. The molecule has 0 fully saturated rings. The summed E-state index contributed by atoms with van der Waals surface area (Å²) in [6.45, 7) is 1.69. The van der Waals surface area contributed by atoms with Crippen molar-refractivity contribution in [3.8, 4) is 5.75 Å². The Hall–Kier alpha value is -3.15. The topological polar surface area (TPSA) is 81.3 Å². The first-order valence-corrected chi connectivity index (χ1v) is 8.39. The molecule has 1 aromatic heterocycles. The summed E-state index contributed by atoms with van der Waals surface area (Å²) in [6.07, 6.45) is 0.0808. The molecule has 134 valence electrons. The number of carbonyl (C=O) groups is 1. The van der Waals surface area contributed by atoms with Crippen LogP contribution in [0.3, 0.4) is 0 Å². The predicted molar refractivity (Wildman–Crippen MR) is 98.2 cm³/mol. The minimum atomic E-state index is -0.641. The zero-order valence-corrected chi connectivity index (χ0v) is 14.7. The molecular formula is C20H20N2O4. The van der Waals surface area contributed by atoms with Crippen LogP contribution in [0.2, 0.25) is 0 Å². The van der Waals surface area contributed by atoms with Crippen LogP contribution in [0, 0.1) is 0 Å². The van der Waals surface area contributed by atoms with E-state index in [1.807, 2.05) is 30.3 Å². The highest BCUT2D eigenvalue weighted by Crippen LogP contribution is 2.20. The largest absolute Gasteiger partial charge is 0.496 e. The van der Waals surface area contributed by atoms with Gasteiger partial charge in [0, 0.05) is 6.42 Å². The minimum absolute atomic E-state index is 0.211. The lowest BCUT2D eigenvalue weighted by Gasteiger charge is -2.13. The number of nitrogens with zero attached hydrogens (tertiary/aromatic N) is 1. The van der Waals surface area contributed by atoms with Crippen LogP contribution in [0.25, 0.3) is 10.9 Å². The highest BCUT2D eigenvalue weighted by Gasteiger charge is 2.16. The number of esters is 1. The summed E-state index contributed by atoms with van der Waals surface area (Å²) in [5.74, 6) is 0.715. The Morgan fingerprint density at radius 3 is 2.69 bits per heavy atom. The molecule has 2 aromatic carbocycles. The van der Waals surface area contributed by atoms with E-state index in [1.165, 1.54) is 0 Å². The van der Waals surface area contributed by atoms with E-state index in [0.717, 1.165) is 11.3 Å². The SMILES string of the molecule is COc1ccccc1CCC(=O)O[C@H](C)c1nc2ccccc2c(=O)[nH]1. The summed E-state index contributed by atoms with van der Waals surface area (Å²) >= 11 is 0. The van der Waals surface area contributed by atoms with E-state index in [9.17, 15) is 9.59 Å². The lowest BCUT2D eigenvalue weighted by Crippen LogP contribution is -2.17. The van der Waals surface area contributed by atoms with Crippen molar-refractivity contribution in [2.24, 2.45) is 0 Å². The fourth-order valence-corrected chi connectivity index (χ4v) is 2.76. The van der Waals surface area contributed by atoms with Gasteiger partial charge in [0.1, 0.15) is 5.75 Å². The minimum Gasteiger partial charge on any atom is -0.496 e. The molecule has 0 saturated carbocycles. The number of aromatic amines is 1. The highest BCUT2D eigenvalue weighted by molar-refractivity contribution is 5.77. The van der Waals surface area contributed by atoms with E-state index in [-0.39, 0.29) is 17.9 Å². The molecule has 6 heteroatoms. The van der Waals surface area contributed by atoms with Crippen molar-refractivity contribution in [2.75, 3.05) is 7.11 Å². The molecule has 0 saturated heterocycles. The molecule has 3 rings (SSSR count). The van der Waals surface area contributed by atoms with E-state index >= 15 is 0 Å². The van der Waals surface area contributed by atoms with Crippen molar-refractivity contribution >= 4 is 16.9 Å². The highest BCUT2D eigenvalue weighted by atomic mass is 16.5. The summed E-state index contributed by atoms with van der Waals surface area (Å²) in [5, 5.41) is 0.506. The van der Waals surface area contributed by atoms with Crippen molar-refractivity contribution < 1.29 is 14.3 Å². The van der Waals surface area contributed by atoms with Gasteiger partial charge in [0.2, 0.25) is 0 Å². The van der Waals surface area contributed by atoms with Gasteiger partial charge in [0.25, 0.3) is 5.56 Å². The maximum absolute atomic E-state index is 12.2. The van der Waals surface area contributed by atoms with E-state index in [2.05, 4.69) is 9.97 Å². The standard InChI is InChI=1S/C20H20N2O4/c1-13(19-21-16-9-5-4-8-15(16)20(24)22-19)26-18(23)12-11-14-7-3-6-10-17(14)25-2/h3-10,13H,11-12H2,1-2H3,(H,21,22,24)/t13-/m1/s1. The van der Waals surface area contributed by atoms with Gasteiger partial charge in [0.15, 0.2) is 11.9 Å². The average Bonchev–Trinajstić information content (AvgIpc) is 2.66. The molecule has 0 aliphatic rings. The Balaban J connectivity index is 1.67. The fourth-order valence-electron chi connectivity index (χ4n) is 2.76. The number of hydrogen-bond donors (Lipinski definition) is 1. The molecule has 1 heterocycles. The second-order valence-corrected chi connectivity index (χ2v) is 5.91. The fraction of sp³-hybridized carbons (Fsp3) is 0.250. The van der Waals surface area contributed by atoms with E-state index in [4.69, 9.17) is 9.47 Å². The zero-order valence-electron chi connectivity index (χ0n) is 14.7. The summed E-state index contributed by atoms with van der Waals surface area (Å²) < 4.78 is 10.7. The first-order chi connectivity index (χ1) is 12.6. The van der Waals surface area contributed by atoms with E-state index in [0.29, 0.717) is 23.1 Å². The third-order valence-corrected chi connectivity index (χ3v) is 4.12. The molecular weight excluding hydrogens is 332 g/mol. The molecule has 3 aromatic rings. The number of aryl methyl sites for hydroxylation is 1. The number of benzene rings is 2. The quantitative estimate of drug-likeness (QED) is 0.689. The molecule has 0 spiro atoms. The third kappa shape index (κ3) is 3.91. The summed E-state index contributed by atoms with van der Waals surface area (Å²) in [4.78, 5) is 31.4. The van der Waals surface area contributed by atoms with Crippen molar-refractivity contribution in [1.82, 2.24) is 9.97 Å². The molecule has 0 aliphatic carbocycles. The lowest BCUT2D eigenvalue weighted by molar-refractivity contribution is -0.148. The predicted octanol–water partition coefficient (Wildman–Crippen LogP) is 3.17. The Morgan fingerprint density at radius 2 is 1.88 bits per heavy atom. The summed E-state index contributed by atoms with van der Waals surface area (Å²) in [6, 6.07) is 14.6. The Labute approximate surface area is 150 Å². The molecule has 0 aliphatic heterocycles. The van der Waals surface area contributed by atoms with E-state index in [1.54, 1.807) is 32.2 Å². The third-order valence-electron chi connectivity index (χ3n) is 4.12. The van der Waals surface area contributed by atoms with Gasteiger partial charge in [-0.05, 0) is 37.1 Å². The number of carbonyl (C=O) groups excluding carboxylic acids is 1. The van der Waals surface area contributed by atoms with Crippen LogP contribution in [-0.2, 0) is 16.0 Å². The smallest absolute Gasteiger partial charge is 0.306 e. The number of rotatable bonds is 6. The zero-order chi connectivity index (χ0) is 18.5. The number of hydrogen-bond acceptors (Lipinski definition) is 5. The van der Waals surface area contributed by atoms with Crippen LogP contribution in [-0.4, -0.2) is 23.0 Å². The first-order valence-electron chi connectivity index (χ1n) is 8.39. The molecule has 0 bridgehead atoms. The summed E-state index contributed by atoms with van der Waals surface area (Å²) in [5.41, 5.74) is 1.27. The molecule has 0 radical (unpaired) electrons. The Kier molecular flexibility index (Phi) is 5.31. The molecule has 6 nitrogen and oxygen atoms in total. The number of ether oxygens (including phenoxy) is 2. The van der Waals surface area contributed by atoms with Crippen LogP contribution >= 0.6 is 0 Å². The van der Waals surface area contributed by atoms with Crippen LogP contribution in [0.4, 0.5) is 0 Å². The second kappa shape index (κ2) is 7.82. The van der Waals surface area contributed by atoms with Gasteiger partial charge in [0.05, 0.1) is 18.0 Å². The average molecular weight is 352 g/mol. The number of para-hydroxylation sites is 2. The number of H-pyrrole nitrogens is 1. The Morgan fingerprint density at radius 1 is 1.15 bits per heavy atom. The molecule has 26 heavy (non-hydrogen) atoms. The maximum atomic E-state index is 12.2. The second-order valence-electron chi connectivity index (χ2n) is 5.91. The number of methoxy groups -OCH3 is 1. The maximum Gasteiger partial charge on any atom is 0.306 e. The van der Waals surface area contributed by atoms with Crippen LogP contribution in [0.5, 0.6) is 5.75 Å². The van der Waals surface area contributed by atoms with Crippen molar-refractivity contribution in [3.05, 3.63) is 70.3 Å². The molecule has 0 amide bonds. The number of aromatic nitrogens is 2. The monoisotopic (exact) mass is 352 g/mol. The normalized spacial score (nSPS) is 11.9. The van der Waals surface area contributed by atoms with Gasteiger partial charge in [-0.25, -0.2) is 4.98 Å². The van der Waals surface area contributed by atoms with Crippen molar-refractivity contribution in [2.45, 2.75) is 25.9 Å². The molecule has 1 atom stereocenters. The van der Waals surface area contributed by atoms with E-state index < -0.39 is 6.10 Å². The van der Waals surface area contributed by atoms with Gasteiger partial charge >= 0.3 is 5.97 Å². The van der Waals surface area contributed by atoms with Crippen molar-refractivity contribution in [3.63, 3.8) is 0 Å². The van der Waals surface area contributed by atoms with Gasteiger partial charge in [-0.15, -0.1) is 0 Å².